The number of hydrogen-bond donors (Lipinski definition) is 2. The molecule has 2 heterocycles. The van der Waals surface area contributed by atoms with E-state index in [4.69, 9.17) is 5.73 Å². The number of nitrogens with one attached hydrogen (secondary N) is 1. The summed E-state index contributed by atoms with van der Waals surface area (Å²) in [6.07, 6.45) is 2.98. The molecule has 3 N–H and O–H groups in total. The fourth-order valence-corrected chi connectivity index (χ4v) is 4.33. The van der Waals surface area contributed by atoms with E-state index in [2.05, 4.69) is 16.5 Å². The molecule has 1 aliphatic heterocycles. The highest BCUT2D eigenvalue weighted by atomic mass is 19.3. The van der Waals surface area contributed by atoms with Crippen LogP contribution in [-0.2, 0) is 15.1 Å². The van der Waals surface area contributed by atoms with Crippen molar-refractivity contribution in [3.05, 3.63) is 11.8 Å². The van der Waals surface area contributed by atoms with Crippen LogP contribution in [0.4, 0.5) is 14.6 Å². The van der Waals surface area contributed by atoms with Crippen LogP contribution < -0.4 is 11.1 Å². The monoisotopic (exact) mass is 434 g/mol. The molecule has 3 fully saturated rings. The number of hydrogen-bond acceptors (Lipinski definition) is 5. The van der Waals surface area contributed by atoms with Gasteiger partial charge in [0.25, 0.3) is 5.91 Å². The number of nitrogens with zero attached hydrogens (tertiary/aromatic N) is 4. The fourth-order valence-electron chi connectivity index (χ4n) is 4.33. The number of carbonyl (C=O) groups is 3. The molecule has 1 aromatic heterocycles. The molecule has 31 heavy (non-hydrogen) atoms. The Labute approximate surface area is 177 Å². The van der Waals surface area contributed by atoms with Gasteiger partial charge in [-0.15, -0.1) is 0 Å². The topological polar surface area (TPSA) is 134 Å². The number of amides is 3. The highest BCUT2D eigenvalue weighted by molar-refractivity contribution is 6.02. The standard InChI is InChI=1S/C20H24F2N6O3/c21-20(22)9-13(10-20)18(31)27-7-4-19(3-6-23,5-8-27)28-11-14(15(24)29)16(26-28)25-17(30)12-1-2-12/h11-13H,1-5,7-10H2,(H2,24,29)(H,25,26,30). The molecule has 0 spiro atoms. The third kappa shape index (κ3) is 4.11. The van der Waals surface area contributed by atoms with Crippen molar-refractivity contribution >= 4 is 23.5 Å². The lowest BCUT2D eigenvalue weighted by molar-refractivity contribution is -0.161. The molecular formula is C20H24F2N6O3. The van der Waals surface area contributed by atoms with E-state index >= 15 is 0 Å². The summed E-state index contributed by atoms with van der Waals surface area (Å²) in [7, 11) is 0. The zero-order valence-electron chi connectivity index (χ0n) is 16.9. The van der Waals surface area contributed by atoms with Crippen LogP contribution in [-0.4, -0.2) is 51.4 Å². The Morgan fingerprint density at radius 1 is 1.23 bits per heavy atom. The van der Waals surface area contributed by atoms with Crippen LogP contribution in [0.1, 0.15) is 55.3 Å². The van der Waals surface area contributed by atoms with Crippen molar-refractivity contribution in [3.8, 4) is 6.07 Å². The first-order chi connectivity index (χ1) is 14.6. The molecule has 0 radical (unpaired) electrons. The van der Waals surface area contributed by atoms with Gasteiger partial charge in [0.1, 0.15) is 5.56 Å². The van der Waals surface area contributed by atoms with Gasteiger partial charge in [-0.2, -0.15) is 10.4 Å². The zero-order valence-corrected chi connectivity index (χ0v) is 16.9. The van der Waals surface area contributed by atoms with Crippen molar-refractivity contribution in [1.82, 2.24) is 14.7 Å². The van der Waals surface area contributed by atoms with E-state index in [-0.39, 0.29) is 48.6 Å². The van der Waals surface area contributed by atoms with Gasteiger partial charge in [0.2, 0.25) is 17.7 Å². The largest absolute Gasteiger partial charge is 0.365 e. The Morgan fingerprint density at radius 3 is 2.39 bits per heavy atom. The van der Waals surface area contributed by atoms with Crippen molar-refractivity contribution in [2.75, 3.05) is 18.4 Å². The number of anilines is 1. The zero-order chi connectivity index (χ0) is 22.4. The highest BCUT2D eigenvalue weighted by Gasteiger charge is 2.50. The van der Waals surface area contributed by atoms with Gasteiger partial charge in [-0.3, -0.25) is 19.1 Å². The molecule has 0 atom stereocenters. The number of halogens is 2. The second kappa shape index (κ2) is 7.59. The van der Waals surface area contributed by atoms with Gasteiger partial charge in [-0.1, -0.05) is 0 Å². The predicted octanol–water partition coefficient (Wildman–Crippen LogP) is 1.61. The number of piperidine rings is 1. The lowest BCUT2D eigenvalue weighted by Crippen LogP contribution is -2.52. The van der Waals surface area contributed by atoms with Crippen LogP contribution in [0.15, 0.2) is 6.20 Å². The van der Waals surface area contributed by atoms with Crippen molar-refractivity contribution in [1.29, 1.82) is 5.26 Å². The lowest BCUT2D eigenvalue weighted by Gasteiger charge is -2.43. The number of likely N-dealkylation sites (tertiary alicyclic amines) is 1. The Hall–Kier alpha value is -3.03. The third-order valence-corrected chi connectivity index (χ3v) is 6.51. The van der Waals surface area contributed by atoms with E-state index in [1.807, 2.05) is 0 Å². The summed E-state index contributed by atoms with van der Waals surface area (Å²) in [6, 6.07) is 2.14. The van der Waals surface area contributed by atoms with E-state index in [1.165, 1.54) is 10.9 Å². The van der Waals surface area contributed by atoms with Crippen LogP contribution in [0, 0.1) is 23.2 Å². The minimum atomic E-state index is -2.76. The SMILES string of the molecule is N#CCC1(n2cc(C(N)=O)c(NC(=O)C3CC3)n2)CCN(C(=O)C2CC(F)(F)C2)CC1. The van der Waals surface area contributed by atoms with Gasteiger partial charge in [-0.05, 0) is 25.7 Å². The maximum Gasteiger partial charge on any atom is 0.254 e. The van der Waals surface area contributed by atoms with E-state index < -0.39 is 36.1 Å². The van der Waals surface area contributed by atoms with Gasteiger partial charge in [-0.25, -0.2) is 8.78 Å². The maximum absolute atomic E-state index is 13.1. The Bertz CT molecular complexity index is 949. The number of nitrogens with two attached hydrogens (primary N) is 1. The molecule has 1 saturated heterocycles. The maximum atomic E-state index is 13.1. The lowest BCUT2D eigenvalue weighted by atomic mass is 9.79. The van der Waals surface area contributed by atoms with Gasteiger partial charge in [0.05, 0.1) is 18.0 Å². The van der Waals surface area contributed by atoms with Gasteiger partial charge in [0, 0.05) is 44.0 Å². The summed E-state index contributed by atoms with van der Waals surface area (Å²) in [4.78, 5) is 38.1. The van der Waals surface area contributed by atoms with Crippen molar-refractivity contribution in [3.63, 3.8) is 0 Å². The van der Waals surface area contributed by atoms with Gasteiger partial charge >= 0.3 is 0 Å². The minimum absolute atomic E-state index is 0.0570. The fraction of sp³-hybridized carbons (Fsp3) is 0.650. The van der Waals surface area contributed by atoms with Crippen molar-refractivity contribution in [2.24, 2.45) is 17.6 Å². The van der Waals surface area contributed by atoms with Crippen molar-refractivity contribution in [2.45, 2.75) is 56.4 Å². The van der Waals surface area contributed by atoms with E-state index in [0.29, 0.717) is 12.8 Å². The van der Waals surface area contributed by atoms with Crippen LogP contribution in [0.2, 0.25) is 0 Å². The molecule has 1 aromatic rings. The molecule has 3 aliphatic rings. The summed E-state index contributed by atoms with van der Waals surface area (Å²) in [5, 5.41) is 16.4. The Morgan fingerprint density at radius 2 is 1.87 bits per heavy atom. The molecule has 0 unspecified atom stereocenters. The van der Waals surface area contributed by atoms with Gasteiger partial charge in [0.15, 0.2) is 5.82 Å². The van der Waals surface area contributed by atoms with Crippen molar-refractivity contribution < 1.29 is 23.2 Å². The first-order valence-corrected chi connectivity index (χ1v) is 10.4. The first-order valence-electron chi connectivity index (χ1n) is 10.4. The van der Waals surface area contributed by atoms with Crippen LogP contribution in [0.3, 0.4) is 0 Å². The quantitative estimate of drug-likeness (QED) is 0.701. The molecule has 2 saturated carbocycles. The second-order valence-corrected chi connectivity index (χ2v) is 8.81. The molecule has 2 aliphatic carbocycles. The van der Waals surface area contributed by atoms with E-state index in [1.54, 1.807) is 4.90 Å². The number of primary amides is 1. The molecule has 166 valence electrons. The summed E-state index contributed by atoms with van der Waals surface area (Å²) in [6.45, 7) is 0.580. The normalized spacial score (nSPS) is 22.3. The predicted molar refractivity (Wildman–Crippen MR) is 104 cm³/mol. The van der Waals surface area contributed by atoms with Crippen LogP contribution >= 0.6 is 0 Å². The highest BCUT2D eigenvalue weighted by Crippen LogP contribution is 2.44. The Balaban J connectivity index is 1.51. The summed E-state index contributed by atoms with van der Waals surface area (Å²) < 4.78 is 27.7. The van der Waals surface area contributed by atoms with Crippen LogP contribution in [0.25, 0.3) is 0 Å². The molecule has 0 aromatic carbocycles. The molecule has 3 amide bonds. The number of nitriles is 1. The smallest absolute Gasteiger partial charge is 0.254 e. The minimum Gasteiger partial charge on any atom is -0.365 e. The first kappa shape index (κ1) is 21.2. The van der Waals surface area contributed by atoms with Gasteiger partial charge < -0.3 is 16.0 Å². The van der Waals surface area contributed by atoms with E-state index in [0.717, 1.165) is 12.8 Å². The molecular weight excluding hydrogens is 410 g/mol. The summed E-state index contributed by atoms with van der Waals surface area (Å²) in [5.74, 6) is -4.70. The number of aromatic nitrogens is 2. The molecule has 4 rings (SSSR count). The Kier molecular flexibility index (Phi) is 5.19. The second-order valence-electron chi connectivity index (χ2n) is 8.81. The third-order valence-electron chi connectivity index (χ3n) is 6.51. The summed E-state index contributed by atoms with van der Waals surface area (Å²) in [5.41, 5.74) is 4.73. The molecule has 9 nitrogen and oxygen atoms in total. The average Bonchev–Trinajstić information content (AvgIpc) is 3.46. The number of rotatable bonds is 6. The summed E-state index contributed by atoms with van der Waals surface area (Å²) >= 11 is 0. The molecule has 11 heteroatoms. The number of carbonyl (C=O) groups excluding carboxylic acids is 3. The number of alkyl halides is 2. The molecule has 0 bridgehead atoms. The van der Waals surface area contributed by atoms with E-state index in [9.17, 15) is 28.4 Å². The van der Waals surface area contributed by atoms with Crippen LogP contribution in [0.5, 0.6) is 0 Å². The average molecular weight is 434 g/mol.